The molecule has 30 heavy (non-hydrogen) atoms. The van der Waals surface area contributed by atoms with Gasteiger partial charge in [-0.15, -0.1) is 0 Å². The number of aliphatic hydroxyl groups is 3. The molecule has 14 nitrogen and oxygen atoms in total. The highest BCUT2D eigenvalue weighted by Crippen LogP contribution is 2.30. The lowest BCUT2D eigenvalue weighted by atomic mass is 9.99. The van der Waals surface area contributed by atoms with E-state index in [1.54, 1.807) is 0 Å². The number of methoxy groups -OCH3 is 2. The van der Waals surface area contributed by atoms with Gasteiger partial charge in [0.15, 0.2) is 18.9 Å². The lowest BCUT2D eigenvalue weighted by Crippen LogP contribution is -2.67. The van der Waals surface area contributed by atoms with Crippen LogP contribution in [0.3, 0.4) is 0 Å². The van der Waals surface area contributed by atoms with Crippen LogP contribution in [0.5, 0.6) is 0 Å². The van der Waals surface area contributed by atoms with Gasteiger partial charge in [0, 0.05) is 21.1 Å². The van der Waals surface area contributed by atoms with E-state index >= 15 is 0 Å². The minimum absolute atomic E-state index is 0.0351. The van der Waals surface area contributed by atoms with Gasteiger partial charge in [0.25, 0.3) is 6.47 Å². The quantitative estimate of drug-likeness (QED) is 0.198. The predicted octanol–water partition coefficient (Wildman–Crippen LogP) is -4.51. The van der Waals surface area contributed by atoms with Gasteiger partial charge in [-0.3, -0.25) is 9.59 Å². The second kappa shape index (κ2) is 11.2. The molecule has 2 aliphatic rings. The van der Waals surface area contributed by atoms with E-state index in [1.807, 2.05) is 0 Å². The summed E-state index contributed by atoms with van der Waals surface area (Å²) in [6.07, 6.45) is -13.3. The van der Waals surface area contributed by atoms with Crippen LogP contribution in [0, 0.1) is 0 Å². The highest BCUT2D eigenvalue weighted by atomic mass is 16.8. The maximum Gasteiger partial charge on any atom is 0.295 e. The van der Waals surface area contributed by atoms with Crippen molar-refractivity contribution < 1.29 is 63.2 Å². The largest absolute Gasteiger partial charge is 0.834 e. The summed E-state index contributed by atoms with van der Waals surface area (Å²) in [5, 5.41) is 44.5. The maximum atomic E-state index is 11.6. The van der Waals surface area contributed by atoms with Crippen molar-refractivity contribution >= 4 is 12.4 Å². The van der Waals surface area contributed by atoms with Crippen molar-refractivity contribution in [3.05, 3.63) is 0 Å². The van der Waals surface area contributed by atoms with Crippen LogP contribution in [0.25, 0.3) is 0 Å². The fourth-order valence-electron chi connectivity index (χ4n) is 3.26. The molecule has 2 saturated heterocycles. The Morgan fingerprint density at radius 3 is 2.20 bits per heavy atom. The van der Waals surface area contributed by atoms with Crippen molar-refractivity contribution in [1.82, 2.24) is 5.32 Å². The van der Waals surface area contributed by atoms with Crippen molar-refractivity contribution in [2.75, 3.05) is 21.0 Å². The van der Waals surface area contributed by atoms with Crippen LogP contribution in [0.1, 0.15) is 6.92 Å². The fraction of sp³-hybridized carbons (Fsp3) is 0.875. The predicted molar refractivity (Wildman–Crippen MR) is 88.7 cm³/mol. The number of hydrogen-bond acceptors (Lipinski definition) is 13. The standard InChI is InChI=1S/C16H26NO13/c1-6(20)17-7-11(10(23)14(26-4-18)29-13(7)25-3)28-15-9(22)8(21)12(24-2)16(30-15)27-5-19/h4,7-16,21-23H,5H2,1-3H3,(H,17,20)/q-1/t7-,8?,9-,10-,11?,12-,13?,14?,15?,16?/m0/s1. The number of carbonyl (C=O) groups excluding carboxylic acids is 2. The molecule has 2 rings (SSSR count). The lowest BCUT2D eigenvalue weighted by molar-refractivity contribution is -0.471. The summed E-state index contributed by atoms with van der Waals surface area (Å²) < 4.78 is 36.0. The average molecular weight is 440 g/mol. The first-order valence-corrected chi connectivity index (χ1v) is 8.91. The topological polar surface area (TPSA) is 195 Å². The van der Waals surface area contributed by atoms with E-state index in [1.165, 1.54) is 21.1 Å². The van der Waals surface area contributed by atoms with Gasteiger partial charge in [-0.25, -0.2) is 0 Å². The fourth-order valence-corrected chi connectivity index (χ4v) is 3.26. The summed E-state index contributed by atoms with van der Waals surface area (Å²) >= 11 is 0. The molecular formula is C16H26NO13-. The molecule has 0 aromatic rings. The monoisotopic (exact) mass is 440 g/mol. The van der Waals surface area contributed by atoms with E-state index in [0.717, 1.165) is 0 Å². The first-order chi connectivity index (χ1) is 14.3. The van der Waals surface area contributed by atoms with E-state index in [2.05, 4.69) is 10.1 Å². The maximum absolute atomic E-state index is 11.6. The van der Waals surface area contributed by atoms with Crippen molar-refractivity contribution in [3.63, 3.8) is 0 Å². The normalized spacial score (nSPS) is 41.8. The molecule has 6 unspecified atom stereocenters. The molecule has 4 N–H and O–H groups in total. The highest BCUT2D eigenvalue weighted by molar-refractivity contribution is 5.73. The van der Waals surface area contributed by atoms with Gasteiger partial charge < -0.3 is 58.9 Å². The third-order valence-corrected chi connectivity index (χ3v) is 4.62. The molecule has 0 aromatic carbocycles. The Hall–Kier alpha value is -1.46. The average Bonchev–Trinajstić information content (AvgIpc) is 2.70. The Morgan fingerprint density at radius 2 is 1.67 bits per heavy atom. The summed E-state index contributed by atoms with van der Waals surface area (Å²) in [7, 11) is 2.45. The molecular weight excluding hydrogens is 414 g/mol. The molecule has 14 heteroatoms. The van der Waals surface area contributed by atoms with Gasteiger partial charge in [-0.1, -0.05) is 0 Å². The minimum Gasteiger partial charge on any atom is -0.834 e. The van der Waals surface area contributed by atoms with E-state index in [4.69, 9.17) is 28.4 Å². The van der Waals surface area contributed by atoms with Crippen LogP contribution in [-0.4, -0.2) is 110 Å². The third-order valence-electron chi connectivity index (χ3n) is 4.62. The van der Waals surface area contributed by atoms with Crippen molar-refractivity contribution in [2.45, 2.75) is 68.6 Å². The van der Waals surface area contributed by atoms with Gasteiger partial charge in [-0.2, -0.15) is 0 Å². The Kier molecular flexibility index (Phi) is 9.30. The summed E-state index contributed by atoms with van der Waals surface area (Å²) in [5.74, 6) is -0.529. The molecule has 0 aromatic heterocycles. The van der Waals surface area contributed by atoms with Crippen molar-refractivity contribution in [2.24, 2.45) is 0 Å². The van der Waals surface area contributed by atoms with Crippen molar-refractivity contribution in [1.29, 1.82) is 0 Å². The summed E-state index contributed by atoms with van der Waals surface area (Å²) in [4.78, 5) is 22.3. The van der Waals surface area contributed by atoms with Gasteiger partial charge in [0.2, 0.25) is 12.2 Å². The van der Waals surface area contributed by atoms with Gasteiger partial charge >= 0.3 is 0 Å². The molecule has 0 aliphatic carbocycles. The number of aliphatic hydroxyl groups excluding tert-OH is 3. The van der Waals surface area contributed by atoms with E-state index in [9.17, 15) is 30.0 Å². The van der Waals surface area contributed by atoms with Crippen LogP contribution in [0.4, 0.5) is 0 Å². The molecule has 2 aliphatic heterocycles. The SMILES string of the molecule is COC1OC(OC=O)[C@@H](O)C(OC2OC(OC[O-])[C@@H](OC)C(O)[C@@H]2O)[C@@H]1NC(C)=O. The first kappa shape index (κ1) is 24.8. The second-order valence-corrected chi connectivity index (χ2v) is 6.50. The van der Waals surface area contributed by atoms with Crippen LogP contribution >= 0.6 is 0 Å². The number of carbonyl (C=O) groups is 2. The Bertz CT molecular complexity index is 565. The molecule has 10 atom stereocenters. The minimum atomic E-state index is -1.69. The van der Waals surface area contributed by atoms with Crippen molar-refractivity contribution in [3.8, 4) is 0 Å². The summed E-state index contributed by atoms with van der Waals surface area (Å²) in [5.41, 5.74) is 0. The molecule has 0 spiro atoms. The number of hydrogen-bond donors (Lipinski definition) is 4. The summed E-state index contributed by atoms with van der Waals surface area (Å²) in [6, 6.07) is -1.14. The smallest absolute Gasteiger partial charge is 0.295 e. The number of amides is 1. The van der Waals surface area contributed by atoms with E-state index in [0.29, 0.717) is 0 Å². The van der Waals surface area contributed by atoms with Crippen LogP contribution < -0.4 is 10.4 Å². The van der Waals surface area contributed by atoms with Crippen LogP contribution in [-0.2, 0) is 42.7 Å². The molecule has 1 amide bonds. The summed E-state index contributed by atoms with van der Waals surface area (Å²) in [6.45, 7) is 0.198. The van der Waals surface area contributed by atoms with E-state index in [-0.39, 0.29) is 6.47 Å². The zero-order chi connectivity index (χ0) is 22.4. The van der Waals surface area contributed by atoms with Crippen LogP contribution in [0.15, 0.2) is 0 Å². The van der Waals surface area contributed by atoms with Gasteiger partial charge in [0.05, 0.1) is 0 Å². The zero-order valence-corrected chi connectivity index (χ0v) is 16.5. The molecule has 174 valence electrons. The molecule has 0 saturated carbocycles. The van der Waals surface area contributed by atoms with E-state index < -0.39 is 74.4 Å². The molecule has 2 heterocycles. The van der Waals surface area contributed by atoms with Crippen LogP contribution in [0.2, 0.25) is 0 Å². The second-order valence-electron chi connectivity index (χ2n) is 6.50. The first-order valence-electron chi connectivity index (χ1n) is 8.91. The Balaban J connectivity index is 2.28. The molecule has 2 fully saturated rings. The molecule has 0 bridgehead atoms. The molecule has 0 radical (unpaired) electrons. The third kappa shape index (κ3) is 5.42. The number of nitrogens with one attached hydrogen (secondary N) is 1. The highest BCUT2D eigenvalue weighted by Gasteiger charge is 2.52. The van der Waals surface area contributed by atoms with Gasteiger partial charge in [0.1, 0.15) is 36.6 Å². The lowest BCUT2D eigenvalue weighted by Gasteiger charge is -2.47. The number of rotatable bonds is 9. The van der Waals surface area contributed by atoms with Gasteiger partial charge in [-0.05, 0) is 6.79 Å². The Labute approximate surface area is 171 Å². The number of ether oxygens (including phenoxy) is 7. The zero-order valence-electron chi connectivity index (χ0n) is 16.5. The Morgan fingerprint density at radius 1 is 1.00 bits per heavy atom.